The molecule has 2 unspecified atom stereocenters. The van der Waals surface area contributed by atoms with Gasteiger partial charge in [-0.15, -0.1) is 0 Å². The lowest BCUT2D eigenvalue weighted by Gasteiger charge is -2.26. The molecule has 98 valence electrons. The van der Waals surface area contributed by atoms with E-state index in [0.29, 0.717) is 13.0 Å². The number of rotatable bonds is 3. The van der Waals surface area contributed by atoms with Crippen molar-refractivity contribution in [3.63, 3.8) is 0 Å². The maximum Gasteiger partial charge on any atom is 0.335 e. The van der Waals surface area contributed by atoms with Crippen molar-refractivity contribution in [3.05, 3.63) is 34.4 Å². The minimum absolute atomic E-state index is 0.103. The van der Waals surface area contributed by atoms with Gasteiger partial charge in [-0.05, 0) is 13.0 Å². The SMILES string of the molecule is CC1OCCC1(O)CNC(=O)c1ccc(=O)oc1. The first kappa shape index (κ1) is 12.8. The molecule has 1 aromatic rings. The van der Waals surface area contributed by atoms with Gasteiger partial charge in [0, 0.05) is 25.6 Å². The molecule has 2 rings (SSSR count). The number of nitrogens with one attached hydrogen (secondary N) is 1. The maximum atomic E-state index is 11.7. The highest BCUT2D eigenvalue weighted by Crippen LogP contribution is 2.24. The van der Waals surface area contributed by atoms with Crippen molar-refractivity contribution < 1.29 is 19.1 Å². The van der Waals surface area contributed by atoms with E-state index in [-0.39, 0.29) is 18.2 Å². The van der Waals surface area contributed by atoms with Gasteiger partial charge < -0.3 is 19.6 Å². The Bertz CT molecular complexity index is 477. The van der Waals surface area contributed by atoms with E-state index in [9.17, 15) is 14.7 Å². The van der Waals surface area contributed by atoms with Gasteiger partial charge in [0.25, 0.3) is 5.91 Å². The molecule has 0 aromatic carbocycles. The quantitative estimate of drug-likeness (QED) is 0.786. The van der Waals surface area contributed by atoms with Crippen molar-refractivity contribution >= 4 is 5.91 Å². The van der Waals surface area contributed by atoms with Crippen LogP contribution in [0.15, 0.2) is 27.6 Å². The van der Waals surface area contributed by atoms with Crippen LogP contribution in [0.4, 0.5) is 0 Å². The van der Waals surface area contributed by atoms with Gasteiger partial charge in [0.05, 0.1) is 11.7 Å². The van der Waals surface area contributed by atoms with Crippen LogP contribution in [0.2, 0.25) is 0 Å². The van der Waals surface area contributed by atoms with Crippen LogP contribution in [-0.2, 0) is 4.74 Å². The average molecular weight is 253 g/mol. The van der Waals surface area contributed by atoms with E-state index in [2.05, 4.69) is 9.73 Å². The summed E-state index contributed by atoms with van der Waals surface area (Å²) in [6.07, 6.45) is 1.26. The molecule has 0 spiro atoms. The van der Waals surface area contributed by atoms with E-state index in [0.717, 1.165) is 6.26 Å². The summed E-state index contributed by atoms with van der Waals surface area (Å²) < 4.78 is 9.85. The van der Waals surface area contributed by atoms with Crippen LogP contribution >= 0.6 is 0 Å². The number of ether oxygens (including phenoxy) is 1. The highest BCUT2D eigenvalue weighted by molar-refractivity contribution is 5.93. The molecule has 1 aliphatic rings. The van der Waals surface area contributed by atoms with Crippen molar-refractivity contribution in [1.82, 2.24) is 5.32 Å². The number of carbonyl (C=O) groups is 1. The fourth-order valence-electron chi connectivity index (χ4n) is 1.83. The highest BCUT2D eigenvalue weighted by Gasteiger charge is 2.39. The number of hydrogen-bond acceptors (Lipinski definition) is 5. The Morgan fingerprint density at radius 3 is 2.94 bits per heavy atom. The molecular formula is C12H15NO5. The van der Waals surface area contributed by atoms with Crippen LogP contribution < -0.4 is 10.9 Å². The van der Waals surface area contributed by atoms with E-state index in [1.165, 1.54) is 12.1 Å². The van der Waals surface area contributed by atoms with Crippen LogP contribution in [-0.4, -0.2) is 35.9 Å². The molecule has 1 saturated heterocycles. The van der Waals surface area contributed by atoms with E-state index < -0.39 is 17.1 Å². The molecule has 0 aliphatic carbocycles. The predicted octanol–water partition coefficient (Wildman–Crippen LogP) is -0.0905. The lowest BCUT2D eigenvalue weighted by Crippen LogP contribution is -2.47. The zero-order valence-electron chi connectivity index (χ0n) is 10.0. The second kappa shape index (κ2) is 4.91. The summed E-state index contributed by atoms with van der Waals surface area (Å²) >= 11 is 0. The lowest BCUT2D eigenvalue weighted by atomic mass is 9.96. The minimum Gasteiger partial charge on any atom is -0.430 e. The lowest BCUT2D eigenvalue weighted by molar-refractivity contribution is -0.0251. The molecular weight excluding hydrogens is 238 g/mol. The first-order valence-corrected chi connectivity index (χ1v) is 5.72. The van der Waals surface area contributed by atoms with Gasteiger partial charge in [0.15, 0.2) is 0 Å². The standard InChI is InChI=1S/C12H15NO5/c1-8-12(16,4-5-17-8)7-13-11(15)9-2-3-10(14)18-6-9/h2-3,6,8,16H,4-5,7H2,1H3,(H,13,15). The topological polar surface area (TPSA) is 88.8 Å². The zero-order chi connectivity index (χ0) is 13.2. The highest BCUT2D eigenvalue weighted by atomic mass is 16.5. The summed E-state index contributed by atoms with van der Waals surface area (Å²) in [7, 11) is 0. The van der Waals surface area contributed by atoms with Crippen LogP contribution in [0, 0.1) is 0 Å². The summed E-state index contributed by atoms with van der Waals surface area (Å²) in [5.41, 5.74) is -1.31. The first-order chi connectivity index (χ1) is 8.51. The molecule has 0 radical (unpaired) electrons. The molecule has 1 aliphatic heterocycles. The molecule has 2 atom stereocenters. The molecule has 2 heterocycles. The Balaban J connectivity index is 1.96. The number of amides is 1. The van der Waals surface area contributed by atoms with Gasteiger partial charge in [-0.2, -0.15) is 0 Å². The van der Waals surface area contributed by atoms with E-state index >= 15 is 0 Å². The first-order valence-electron chi connectivity index (χ1n) is 5.72. The van der Waals surface area contributed by atoms with Crippen molar-refractivity contribution in [2.24, 2.45) is 0 Å². The Hall–Kier alpha value is -1.66. The van der Waals surface area contributed by atoms with Gasteiger partial charge in [0.2, 0.25) is 0 Å². The maximum absolute atomic E-state index is 11.7. The number of aliphatic hydroxyl groups is 1. The normalized spacial score (nSPS) is 27.1. The molecule has 0 saturated carbocycles. The summed E-state index contributed by atoms with van der Waals surface area (Å²) in [6.45, 7) is 2.35. The smallest absolute Gasteiger partial charge is 0.335 e. The minimum atomic E-state index is -1.04. The molecule has 6 nitrogen and oxygen atoms in total. The van der Waals surface area contributed by atoms with Gasteiger partial charge in [-0.3, -0.25) is 4.79 Å². The predicted molar refractivity (Wildman–Crippen MR) is 62.3 cm³/mol. The largest absolute Gasteiger partial charge is 0.430 e. The summed E-state index contributed by atoms with van der Waals surface area (Å²) in [6, 6.07) is 2.55. The molecule has 1 amide bonds. The zero-order valence-corrected chi connectivity index (χ0v) is 10.0. The van der Waals surface area contributed by atoms with Crippen molar-refractivity contribution in [2.75, 3.05) is 13.2 Å². The van der Waals surface area contributed by atoms with Crippen LogP contribution in [0.5, 0.6) is 0 Å². The van der Waals surface area contributed by atoms with E-state index in [4.69, 9.17) is 4.74 Å². The molecule has 2 N–H and O–H groups in total. The third-order valence-corrected chi connectivity index (χ3v) is 3.18. The van der Waals surface area contributed by atoms with Crippen molar-refractivity contribution in [3.8, 4) is 0 Å². The van der Waals surface area contributed by atoms with E-state index in [1.54, 1.807) is 6.92 Å². The monoisotopic (exact) mass is 253 g/mol. The second-order valence-corrected chi connectivity index (χ2v) is 4.39. The van der Waals surface area contributed by atoms with Crippen molar-refractivity contribution in [1.29, 1.82) is 0 Å². The summed E-state index contributed by atoms with van der Waals surface area (Å²) in [5.74, 6) is -0.397. The molecule has 18 heavy (non-hydrogen) atoms. The Morgan fingerprint density at radius 2 is 2.39 bits per heavy atom. The van der Waals surface area contributed by atoms with Crippen molar-refractivity contribution in [2.45, 2.75) is 25.0 Å². The van der Waals surface area contributed by atoms with Crippen LogP contribution in [0.3, 0.4) is 0 Å². The molecule has 6 heteroatoms. The van der Waals surface area contributed by atoms with Gasteiger partial charge >= 0.3 is 5.63 Å². The second-order valence-electron chi connectivity index (χ2n) is 4.39. The van der Waals surface area contributed by atoms with Crippen LogP contribution in [0.1, 0.15) is 23.7 Å². The van der Waals surface area contributed by atoms with Gasteiger partial charge in [-0.25, -0.2) is 4.79 Å². The Kier molecular flexibility index (Phi) is 3.49. The molecule has 0 bridgehead atoms. The summed E-state index contributed by atoms with van der Waals surface area (Å²) in [4.78, 5) is 22.5. The van der Waals surface area contributed by atoms with E-state index in [1.807, 2.05) is 0 Å². The number of hydrogen-bond donors (Lipinski definition) is 2. The Morgan fingerprint density at radius 1 is 1.61 bits per heavy atom. The third kappa shape index (κ3) is 2.60. The number of carbonyl (C=O) groups excluding carboxylic acids is 1. The Labute approximate surface area is 104 Å². The summed E-state index contributed by atoms with van der Waals surface area (Å²) in [5, 5.41) is 12.8. The third-order valence-electron chi connectivity index (χ3n) is 3.18. The fraction of sp³-hybridized carbons (Fsp3) is 0.500. The van der Waals surface area contributed by atoms with Crippen LogP contribution in [0.25, 0.3) is 0 Å². The molecule has 1 aromatic heterocycles. The fourth-order valence-corrected chi connectivity index (χ4v) is 1.83. The molecule has 1 fully saturated rings. The average Bonchev–Trinajstić information content (AvgIpc) is 2.68. The van der Waals surface area contributed by atoms with Gasteiger partial charge in [-0.1, -0.05) is 0 Å². The van der Waals surface area contributed by atoms with Gasteiger partial charge in [0.1, 0.15) is 11.9 Å².